The summed E-state index contributed by atoms with van der Waals surface area (Å²) in [6, 6.07) is 11.2. The Bertz CT molecular complexity index is 1050. The fourth-order valence-electron chi connectivity index (χ4n) is 2.97. The summed E-state index contributed by atoms with van der Waals surface area (Å²) < 4.78 is 14.6. The predicted molar refractivity (Wildman–Crippen MR) is 104 cm³/mol. The molecule has 0 bridgehead atoms. The van der Waals surface area contributed by atoms with Crippen LogP contribution in [0.2, 0.25) is 0 Å². The van der Waals surface area contributed by atoms with E-state index in [0.29, 0.717) is 5.69 Å². The van der Waals surface area contributed by atoms with Crippen molar-refractivity contribution in [3.63, 3.8) is 0 Å². The van der Waals surface area contributed by atoms with Crippen molar-refractivity contribution in [1.29, 1.82) is 0 Å². The number of hydrogen-bond donors (Lipinski definition) is 1. The lowest BCUT2D eigenvalue weighted by Gasteiger charge is -2.22. The van der Waals surface area contributed by atoms with E-state index in [9.17, 15) is 14.3 Å². The lowest BCUT2D eigenvalue weighted by Crippen LogP contribution is -2.40. The van der Waals surface area contributed by atoms with E-state index >= 15 is 0 Å². The highest BCUT2D eigenvalue weighted by molar-refractivity contribution is 5.88. The Morgan fingerprint density at radius 2 is 1.96 bits per heavy atom. The van der Waals surface area contributed by atoms with E-state index in [1.807, 2.05) is 6.92 Å². The van der Waals surface area contributed by atoms with Gasteiger partial charge in [-0.1, -0.05) is 30.3 Å². The van der Waals surface area contributed by atoms with Crippen molar-refractivity contribution in [3.05, 3.63) is 83.2 Å². The van der Waals surface area contributed by atoms with Gasteiger partial charge in [-0.25, -0.2) is 9.24 Å². The minimum Gasteiger partial charge on any atom is -0.380 e. The van der Waals surface area contributed by atoms with Crippen LogP contribution in [-0.2, 0) is 17.8 Å². The number of Topliss-reactive ketones (excluding diaryl/α,β-unsaturated/α-hetero) is 1. The molecule has 0 unspecified atom stereocenters. The molecule has 5 nitrogen and oxygen atoms in total. The molecular weight excluding hydrogens is 357 g/mol. The highest BCUT2D eigenvalue weighted by Gasteiger charge is 2.31. The lowest BCUT2D eigenvalue weighted by molar-refractivity contribution is -0.136. The molecule has 0 fully saturated rings. The largest absolute Gasteiger partial charge is 0.380 e. The normalized spacial score (nSPS) is 13.0. The van der Waals surface area contributed by atoms with Gasteiger partial charge in [0.1, 0.15) is 11.4 Å². The van der Waals surface area contributed by atoms with E-state index in [1.54, 1.807) is 42.7 Å². The maximum absolute atomic E-state index is 13.1. The van der Waals surface area contributed by atoms with Gasteiger partial charge in [0.15, 0.2) is 11.5 Å². The van der Waals surface area contributed by atoms with Gasteiger partial charge in [-0.15, -0.1) is 0 Å². The first-order valence-electron chi connectivity index (χ1n) is 8.79. The van der Waals surface area contributed by atoms with Crippen LogP contribution in [0, 0.1) is 19.3 Å². The third-order valence-electron chi connectivity index (χ3n) is 4.63. The minimum absolute atomic E-state index is 0.00610. The van der Waals surface area contributed by atoms with Crippen LogP contribution in [0.15, 0.2) is 54.9 Å². The van der Waals surface area contributed by atoms with Gasteiger partial charge in [0.25, 0.3) is 0 Å². The molecule has 0 aliphatic heterocycles. The molecule has 28 heavy (non-hydrogen) atoms. The first kappa shape index (κ1) is 19.5. The molecule has 1 N–H and O–H groups in total. The van der Waals surface area contributed by atoms with Crippen molar-refractivity contribution in [2.24, 2.45) is 0 Å². The summed E-state index contributed by atoms with van der Waals surface area (Å²) in [5, 5.41) is 14.9. The van der Waals surface area contributed by atoms with Gasteiger partial charge in [0, 0.05) is 18.2 Å². The van der Waals surface area contributed by atoms with Gasteiger partial charge in [0.2, 0.25) is 0 Å². The number of rotatable bonds is 6. The second-order valence-corrected chi connectivity index (χ2v) is 7.04. The lowest BCUT2D eigenvalue weighted by atomic mass is 9.94. The zero-order valence-corrected chi connectivity index (χ0v) is 15.7. The van der Waals surface area contributed by atoms with Crippen molar-refractivity contribution in [3.8, 4) is 11.1 Å². The zero-order valence-electron chi connectivity index (χ0n) is 15.7. The van der Waals surface area contributed by atoms with E-state index < -0.39 is 5.60 Å². The molecule has 142 valence electrons. The number of carbonyl (C=O) groups excluding carboxylic acids is 1. The van der Waals surface area contributed by atoms with Crippen LogP contribution in [0.3, 0.4) is 0 Å². The smallest absolute Gasteiger partial charge is 0.190 e. The maximum atomic E-state index is 13.1. The first-order chi connectivity index (χ1) is 13.3. The van der Waals surface area contributed by atoms with Crippen LogP contribution in [0.5, 0.6) is 0 Å². The van der Waals surface area contributed by atoms with Crippen LogP contribution in [0.1, 0.15) is 18.1 Å². The molecule has 1 atom stereocenters. The Morgan fingerprint density at radius 1 is 1.25 bits per heavy atom. The van der Waals surface area contributed by atoms with Crippen molar-refractivity contribution >= 4 is 11.5 Å². The number of hydrogen-bond acceptors (Lipinski definition) is 3. The third-order valence-corrected chi connectivity index (χ3v) is 4.63. The molecule has 2 aromatic carbocycles. The molecule has 0 aliphatic rings. The number of nitrogens with zero attached hydrogens (tertiary/aromatic N) is 3. The minimum atomic E-state index is -1.60. The Kier molecular flexibility index (Phi) is 5.39. The number of aromatic nitrogens is 2. The predicted octanol–water partition coefficient (Wildman–Crippen LogP) is 4.11. The second kappa shape index (κ2) is 7.75. The molecule has 0 aliphatic carbocycles. The summed E-state index contributed by atoms with van der Waals surface area (Å²) >= 11 is 0. The van der Waals surface area contributed by atoms with E-state index in [2.05, 4.69) is 9.94 Å². The standard InChI is InChI=1S/C22H20FN3O2/c1-15-10-16(4-9-20(15)24-3)11-21(27)22(2,28)14-26-13-18(12-25-26)17-5-7-19(23)8-6-17/h4-10,12-13,28H,11,14H2,1-2H3/t22-/m0/s1. The van der Waals surface area contributed by atoms with Crippen LogP contribution in [-0.4, -0.2) is 26.3 Å². The van der Waals surface area contributed by atoms with Gasteiger partial charge in [-0.2, -0.15) is 5.10 Å². The van der Waals surface area contributed by atoms with Crippen LogP contribution >= 0.6 is 0 Å². The Morgan fingerprint density at radius 3 is 2.61 bits per heavy atom. The van der Waals surface area contributed by atoms with Crippen molar-refractivity contribution < 1.29 is 14.3 Å². The number of halogens is 1. The van der Waals surface area contributed by atoms with Gasteiger partial charge >= 0.3 is 0 Å². The Balaban J connectivity index is 1.71. The zero-order chi connectivity index (χ0) is 20.3. The van der Waals surface area contributed by atoms with E-state index in [-0.39, 0.29) is 24.6 Å². The van der Waals surface area contributed by atoms with Crippen molar-refractivity contribution in [2.45, 2.75) is 32.4 Å². The van der Waals surface area contributed by atoms with Gasteiger partial charge < -0.3 is 5.11 Å². The van der Waals surface area contributed by atoms with Gasteiger partial charge in [-0.3, -0.25) is 9.48 Å². The van der Waals surface area contributed by atoms with E-state index in [1.165, 1.54) is 23.7 Å². The average Bonchev–Trinajstić information content (AvgIpc) is 3.10. The highest BCUT2D eigenvalue weighted by Crippen LogP contribution is 2.22. The average molecular weight is 377 g/mol. The summed E-state index contributed by atoms with van der Waals surface area (Å²) in [6.07, 6.45) is 3.39. The third kappa shape index (κ3) is 4.33. The number of carbonyl (C=O) groups is 1. The summed E-state index contributed by atoms with van der Waals surface area (Å²) in [4.78, 5) is 16.0. The SMILES string of the molecule is [C-]#[N+]c1ccc(CC(=O)[C@@](C)(O)Cn2cc(-c3ccc(F)cc3)cn2)cc1C. The molecule has 0 amide bonds. The topological polar surface area (TPSA) is 59.5 Å². The number of aryl methyl sites for hydroxylation is 1. The molecule has 0 saturated carbocycles. The van der Waals surface area contributed by atoms with E-state index in [0.717, 1.165) is 22.3 Å². The quantitative estimate of drug-likeness (QED) is 0.658. The Hall–Kier alpha value is -3.30. The number of benzene rings is 2. The van der Waals surface area contributed by atoms with Gasteiger partial charge in [-0.05, 0) is 42.7 Å². The molecular formula is C22H20FN3O2. The summed E-state index contributed by atoms with van der Waals surface area (Å²) in [5.41, 5.74) is 2.08. The first-order valence-corrected chi connectivity index (χ1v) is 8.79. The van der Waals surface area contributed by atoms with Crippen LogP contribution < -0.4 is 0 Å². The summed E-state index contributed by atoms with van der Waals surface area (Å²) in [7, 11) is 0. The molecule has 1 heterocycles. The van der Waals surface area contributed by atoms with Crippen molar-refractivity contribution in [1.82, 2.24) is 9.78 Å². The molecule has 6 heteroatoms. The van der Waals surface area contributed by atoms with E-state index in [4.69, 9.17) is 6.57 Å². The molecule has 0 radical (unpaired) electrons. The molecule has 3 rings (SSSR count). The monoisotopic (exact) mass is 377 g/mol. The summed E-state index contributed by atoms with van der Waals surface area (Å²) in [5.74, 6) is -0.648. The fourth-order valence-corrected chi connectivity index (χ4v) is 2.97. The van der Waals surface area contributed by atoms with Crippen LogP contribution in [0.25, 0.3) is 16.0 Å². The highest BCUT2D eigenvalue weighted by atomic mass is 19.1. The molecule has 1 aromatic heterocycles. The maximum Gasteiger partial charge on any atom is 0.190 e. The fraction of sp³-hybridized carbons (Fsp3) is 0.227. The molecule has 3 aromatic rings. The van der Waals surface area contributed by atoms with Crippen molar-refractivity contribution in [2.75, 3.05) is 0 Å². The molecule has 0 spiro atoms. The second-order valence-electron chi connectivity index (χ2n) is 7.04. The number of ketones is 1. The summed E-state index contributed by atoms with van der Waals surface area (Å²) in [6.45, 7) is 10.4. The number of aliphatic hydroxyl groups is 1. The Labute approximate surface area is 162 Å². The van der Waals surface area contributed by atoms with Crippen LogP contribution in [0.4, 0.5) is 10.1 Å². The molecule has 0 saturated heterocycles. The van der Waals surface area contributed by atoms with Gasteiger partial charge in [0.05, 0.1) is 19.3 Å².